The lowest BCUT2D eigenvalue weighted by atomic mass is 10.2. The first-order valence-corrected chi connectivity index (χ1v) is 4.25. The van der Waals surface area contributed by atoms with Gasteiger partial charge in [-0.15, -0.1) is 12.4 Å². The van der Waals surface area contributed by atoms with E-state index in [-0.39, 0.29) is 18.4 Å². The Morgan fingerprint density at radius 3 is 2.85 bits per heavy atom. The van der Waals surface area contributed by atoms with Crippen LogP contribution in [0.1, 0.15) is 13.8 Å². The molecule has 13 heavy (non-hydrogen) atoms. The van der Waals surface area contributed by atoms with Crippen LogP contribution in [-0.2, 0) is 14.3 Å². The van der Waals surface area contributed by atoms with E-state index in [0.29, 0.717) is 25.8 Å². The van der Waals surface area contributed by atoms with Crippen molar-refractivity contribution in [1.29, 1.82) is 0 Å². The van der Waals surface area contributed by atoms with E-state index in [1.54, 1.807) is 6.92 Å². The van der Waals surface area contributed by atoms with Gasteiger partial charge < -0.3 is 14.8 Å². The van der Waals surface area contributed by atoms with Crippen molar-refractivity contribution in [2.24, 2.45) is 0 Å². The van der Waals surface area contributed by atoms with Crippen LogP contribution in [0, 0.1) is 0 Å². The summed E-state index contributed by atoms with van der Waals surface area (Å²) >= 11 is 0. The Hall–Kier alpha value is -0.320. The third kappa shape index (κ3) is 3.93. The topological polar surface area (TPSA) is 47.6 Å². The lowest BCUT2D eigenvalue weighted by molar-refractivity contribution is -0.159. The number of morpholine rings is 1. The Bertz CT molecular complexity index is 157. The van der Waals surface area contributed by atoms with E-state index in [0.717, 1.165) is 0 Å². The van der Waals surface area contributed by atoms with Gasteiger partial charge in [-0.25, -0.2) is 4.79 Å². The fourth-order valence-corrected chi connectivity index (χ4v) is 1.07. The first-order chi connectivity index (χ1) is 5.74. The molecule has 2 unspecified atom stereocenters. The first kappa shape index (κ1) is 12.7. The molecule has 1 heterocycles. The SMILES string of the molecule is CCOC(=O)C1CNC(C)CO1.Cl. The molecule has 0 aliphatic carbocycles. The zero-order valence-corrected chi connectivity index (χ0v) is 8.73. The molecule has 0 aromatic carbocycles. The molecule has 2 atom stereocenters. The van der Waals surface area contributed by atoms with E-state index in [9.17, 15) is 4.79 Å². The van der Waals surface area contributed by atoms with Gasteiger partial charge in [0.25, 0.3) is 0 Å². The van der Waals surface area contributed by atoms with Crippen molar-refractivity contribution < 1.29 is 14.3 Å². The largest absolute Gasteiger partial charge is 0.464 e. The number of rotatable bonds is 2. The van der Waals surface area contributed by atoms with Crippen LogP contribution in [0.25, 0.3) is 0 Å². The maximum absolute atomic E-state index is 11.1. The quantitative estimate of drug-likeness (QED) is 0.667. The van der Waals surface area contributed by atoms with Crippen LogP contribution in [0.5, 0.6) is 0 Å². The van der Waals surface area contributed by atoms with Crippen molar-refractivity contribution in [3.8, 4) is 0 Å². The van der Waals surface area contributed by atoms with Gasteiger partial charge in [-0.3, -0.25) is 0 Å². The van der Waals surface area contributed by atoms with Gasteiger partial charge in [0.15, 0.2) is 6.10 Å². The number of hydrogen-bond acceptors (Lipinski definition) is 4. The maximum Gasteiger partial charge on any atom is 0.336 e. The Balaban J connectivity index is 0.00000144. The third-order valence-corrected chi connectivity index (χ3v) is 1.75. The van der Waals surface area contributed by atoms with Gasteiger partial charge in [0, 0.05) is 12.6 Å². The maximum atomic E-state index is 11.1. The highest BCUT2D eigenvalue weighted by atomic mass is 35.5. The zero-order valence-electron chi connectivity index (χ0n) is 7.91. The number of ether oxygens (including phenoxy) is 2. The van der Waals surface area contributed by atoms with Crippen LogP contribution in [-0.4, -0.2) is 37.9 Å². The second kappa shape index (κ2) is 6.18. The molecule has 1 rings (SSSR count). The summed E-state index contributed by atoms with van der Waals surface area (Å²) in [6.45, 7) is 5.34. The van der Waals surface area contributed by atoms with E-state index >= 15 is 0 Å². The van der Waals surface area contributed by atoms with Crippen molar-refractivity contribution >= 4 is 18.4 Å². The minimum absolute atomic E-state index is 0. The monoisotopic (exact) mass is 209 g/mol. The van der Waals surface area contributed by atoms with E-state index in [4.69, 9.17) is 9.47 Å². The third-order valence-electron chi connectivity index (χ3n) is 1.75. The van der Waals surface area contributed by atoms with Crippen LogP contribution in [0.4, 0.5) is 0 Å². The van der Waals surface area contributed by atoms with Gasteiger partial charge in [-0.2, -0.15) is 0 Å². The number of esters is 1. The van der Waals surface area contributed by atoms with Gasteiger partial charge in [0.05, 0.1) is 13.2 Å². The minimum atomic E-state index is -0.416. The molecule has 0 radical (unpaired) electrons. The molecule has 0 spiro atoms. The smallest absolute Gasteiger partial charge is 0.336 e. The number of carbonyl (C=O) groups excluding carboxylic acids is 1. The Morgan fingerprint density at radius 2 is 2.38 bits per heavy atom. The van der Waals surface area contributed by atoms with Gasteiger partial charge in [-0.05, 0) is 13.8 Å². The molecule has 1 aliphatic rings. The molecule has 78 valence electrons. The summed E-state index contributed by atoms with van der Waals surface area (Å²) < 4.78 is 10.1. The molecule has 0 aromatic rings. The second-order valence-corrected chi connectivity index (χ2v) is 2.88. The molecule has 0 bridgehead atoms. The van der Waals surface area contributed by atoms with Crippen LogP contribution in [0.2, 0.25) is 0 Å². The highest BCUT2D eigenvalue weighted by Gasteiger charge is 2.25. The first-order valence-electron chi connectivity index (χ1n) is 4.25. The molecule has 1 fully saturated rings. The standard InChI is InChI=1S/C8H15NO3.ClH/c1-3-11-8(10)7-4-9-6(2)5-12-7;/h6-7,9H,3-5H2,1-2H3;1H. The summed E-state index contributed by atoms with van der Waals surface area (Å²) in [6, 6.07) is 0.329. The molecular weight excluding hydrogens is 194 g/mol. The van der Waals surface area contributed by atoms with Gasteiger partial charge in [0.2, 0.25) is 0 Å². The van der Waals surface area contributed by atoms with E-state index in [1.165, 1.54) is 0 Å². The average Bonchev–Trinajstić information content (AvgIpc) is 2.06. The van der Waals surface area contributed by atoms with Gasteiger partial charge >= 0.3 is 5.97 Å². The number of halogens is 1. The normalized spacial score (nSPS) is 27.5. The molecule has 1 aliphatic heterocycles. The predicted octanol–water partition coefficient (Wildman–Crippen LogP) is 0.348. The van der Waals surface area contributed by atoms with Gasteiger partial charge in [0.1, 0.15) is 0 Å². The van der Waals surface area contributed by atoms with E-state index < -0.39 is 6.10 Å². The summed E-state index contributed by atoms with van der Waals surface area (Å²) in [6.07, 6.45) is -0.416. The summed E-state index contributed by atoms with van der Waals surface area (Å²) in [5, 5.41) is 3.15. The highest BCUT2D eigenvalue weighted by Crippen LogP contribution is 2.02. The van der Waals surface area contributed by atoms with Crippen molar-refractivity contribution in [1.82, 2.24) is 5.32 Å². The molecule has 0 aromatic heterocycles. The summed E-state index contributed by atoms with van der Waals surface area (Å²) in [5.74, 6) is -0.267. The summed E-state index contributed by atoms with van der Waals surface area (Å²) in [4.78, 5) is 11.1. The molecular formula is C8H16ClNO3. The molecule has 1 saturated heterocycles. The second-order valence-electron chi connectivity index (χ2n) is 2.88. The highest BCUT2D eigenvalue weighted by molar-refractivity contribution is 5.85. The summed E-state index contributed by atoms with van der Waals surface area (Å²) in [5.41, 5.74) is 0. The van der Waals surface area contributed by atoms with Crippen molar-refractivity contribution in [2.45, 2.75) is 26.0 Å². The predicted molar refractivity (Wildman–Crippen MR) is 51.1 cm³/mol. The van der Waals surface area contributed by atoms with Crippen molar-refractivity contribution in [2.75, 3.05) is 19.8 Å². The Labute approximate surface area is 84.4 Å². The summed E-state index contributed by atoms with van der Waals surface area (Å²) in [7, 11) is 0. The lowest BCUT2D eigenvalue weighted by Gasteiger charge is -2.26. The average molecular weight is 210 g/mol. The van der Waals surface area contributed by atoms with Crippen LogP contribution >= 0.6 is 12.4 Å². The van der Waals surface area contributed by atoms with Crippen LogP contribution in [0.15, 0.2) is 0 Å². The van der Waals surface area contributed by atoms with E-state index in [1.807, 2.05) is 6.92 Å². The Morgan fingerprint density at radius 1 is 1.69 bits per heavy atom. The number of nitrogens with one attached hydrogen (secondary N) is 1. The van der Waals surface area contributed by atoms with Crippen LogP contribution < -0.4 is 5.32 Å². The van der Waals surface area contributed by atoms with Crippen LogP contribution in [0.3, 0.4) is 0 Å². The molecule has 0 saturated carbocycles. The molecule has 4 nitrogen and oxygen atoms in total. The van der Waals surface area contributed by atoms with Gasteiger partial charge in [-0.1, -0.05) is 0 Å². The molecule has 0 amide bonds. The fourth-order valence-electron chi connectivity index (χ4n) is 1.07. The molecule has 1 N–H and O–H groups in total. The lowest BCUT2D eigenvalue weighted by Crippen LogP contribution is -2.48. The zero-order chi connectivity index (χ0) is 8.97. The molecule has 5 heteroatoms. The number of hydrogen-bond donors (Lipinski definition) is 1. The van der Waals surface area contributed by atoms with Crippen molar-refractivity contribution in [3.63, 3.8) is 0 Å². The fraction of sp³-hybridized carbons (Fsp3) is 0.875. The number of carbonyl (C=O) groups is 1. The van der Waals surface area contributed by atoms with E-state index in [2.05, 4.69) is 5.32 Å². The minimum Gasteiger partial charge on any atom is -0.464 e. The van der Waals surface area contributed by atoms with Crippen molar-refractivity contribution in [3.05, 3.63) is 0 Å². The Kier molecular flexibility index (Phi) is 6.03.